The zero-order chi connectivity index (χ0) is 14.6. The highest BCUT2D eigenvalue weighted by Crippen LogP contribution is 2.16. The number of esters is 1. The predicted molar refractivity (Wildman–Crippen MR) is 75.6 cm³/mol. The van der Waals surface area contributed by atoms with Crippen LogP contribution in [0, 0.1) is 0 Å². The second-order valence-corrected chi connectivity index (χ2v) is 6.41. The van der Waals surface area contributed by atoms with E-state index in [0.717, 1.165) is 0 Å². The van der Waals surface area contributed by atoms with Crippen molar-refractivity contribution in [2.45, 2.75) is 11.8 Å². The van der Waals surface area contributed by atoms with Crippen LogP contribution in [0.2, 0.25) is 0 Å². The molecule has 104 valence electrons. The van der Waals surface area contributed by atoms with Gasteiger partial charge in [-0.05, 0) is 30.3 Å². The highest BCUT2D eigenvalue weighted by molar-refractivity contribution is 7.91. The van der Waals surface area contributed by atoms with E-state index in [9.17, 15) is 13.2 Å². The fourth-order valence-corrected chi connectivity index (χ4v) is 2.56. The number of rotatable bonds is 4. The van der Waals surface area contributed by atoms with Crippen molar-refractivity contribution in [3.63, 3.8) is 0 Å². The zero-order valence-corrected chi connectivity index (χ0v) is 11.8. The molecule has 0 aromatic heterocycles. The van der Waals surface area contributed by atoms with E-state index in [4.69, 9.17) is 4.74 Å². The van der Waals surface area contributed by atoms with Gasteiger partial charge >= 0.3 is 5.97 Å². The molecule has 0 aliphatic carbocycles. The Labute approximate surface area is 117 Å². The Morgan fingerprint density at radius 3 is 2.40 bits per heavy atom. The molecule has 0 bridgehead atoms. The van der Waals surface area contributed by atoms with Crippen LogP contribution in [0.3, 0.4) is 0 Å². The van der Waals surface area contributed by atoms with Crippen molar-refractivity contribution in [1.29, 1.82) is 0 Å². The lowest BCUT2D eigenvalue weighted by molar-refractivity contribution is 0.0734. The molecule has 5 heteroatoms. The second kappa shape index (κ2) is 5.88. The number of sulfone groups is 1. The summed E-state index contributed by atoms with van der Waals surface area (Å²) in [7, 11) is -3.33. The molecule has 0 aliphatic heterocycles. The smallest absolute Gasteiger partial charge is 0.343 e. The number of hydrogen-bond donors (Lipinski definition) is 0. The minimum absolute atomic E-state index is 0.00974. The van der Waals surface area contributed by atoms with Crippen LogP contribution in [0.4, 0.5) is 0 Å². The molecule has 0 radical (unpaired) electrons. The average molecular weight is 290 g/mol. The molecule has 0 spiro atoms. The molecule has 0 saturated carbocycles. The van der Waals surface area contributed by atoms with E-state index in [2.05, 4.69) is 0 Å². The van der Waals surface area contributed by atoms with Crippen molar-refractivity contribution in [1.82, 2.24) is 0 Å². The standard InChI is InChI=1S/C15H14O4S/c1-2-20(17,18)14-10-6-7-12(11-14)15(16)19-13-8-4-3-5-9-13/h3-11H,2H2,1H3. The quantitative estimate of drug-likeness (QED) is 0.641. The SMILES string of the molecule is CCS(=O)(=O)c1cccc(C(=O)Oc2ccccc2)c1. The summed E-state index contributed by atoms with van der Waals surface area (Å²) in [4.78, 5) is 12.1. The lowest BCUT2D eigenvalue weighted by Crippen LogP contribution is -2.10. The van der Waals surface area contributed by atoms with E-state index in [1.54, 1.807) is 31.2 Å². The maximum absolute atomic E-state index is 12.0. The highest BCUT2D eigenvalue weighted by atomic mass is 32.2. The van der Waals surface area contributed by atoms with Crippen LogP contribution in [0.15, 0.2) is 59.5 Å². The first-order valence-corrected chi connectivity index (χ1v) is 7.78. The molecule has 2 rings (SSSR count). The predicted octanol–water partition coefficient (Wildman–Crippen LogP) is 2.70. The summed E-state index contributed by atoms with van der Waals surface area (Å²) in [6, 6.07) is 14.5. The van der Waals surface area contributed by atoms with Gasteiger partial charge in [0.05, 0.1) is 16.2 Å². The van der Waals surface area contributed by atoms with Crippen molar-refractivity contribution < 1.29 is 17.9 Å². The summed E-state index contributed by atoms with van der Waals surface area (Å²) in [5.41, 5.74) is 0.211. The van der Waals surface area contributed by atoms with Crippen molar-refractivity contribution >= 4 is 15.8 Å². The molecular formula is C15H14O4S. The Morgan fingerprint density at radius 1 is 1.05 bits per heavy atom. The fraction of sp³-hybridized carbons (Fsp3) is 0.133. The van der Waals surface area contributed by atoms with Gasteiger partial charge in [0.2, 0.25) is 0 Å². The molecule has 20 heavy (non-hydrogen) atoms. The maximum Gasteiger partial charge on any atom is 0.343 e. The molecule has 0 heterocycles. The summed E-state index contributed by atoms with van der Waals surface area (Å²) in [5, 5.41) is 0. The van der Waals surface area contributed by atoms with Gasteiger partial charge in [-0.1, -0.05) is 31.2 Å². The van der Waals surface area contributed by atoms with E-state index < -0.39 is 15.8 Å². The van der Waals surface area contributed by atoms with Crippen molar-refractivity contribution in [2.24, 2.45) is 0 Å². The van der Waals surface area contributed by atoms with Crippen LogP contribution < -0.4 is 4.74 Å². The third-order valence-electron chi connectivity index (χ3n) is 2.76. The molecule has 2 aromatic carbocycles. The van der Waals surface area contributed by atoms with Gasteiger partial charge in [-0.2, -0.15) is 0 Å². The van der Waals surface area contributed by atoms with Gasteiger partial charge in [0, 0.05) is 0 Å². The molecule has 0 saturated heterocycles. The second-order valence-electron chi connectivity index (χ2n) is 4.13. The number of hydrogen-bond acceptors (Lipinski definition) is 4. The molecule has 0 aliphatic rings. The fourth-order valence-electron chi connectivity index (χ4n) is 1.64. The van der Waals surface area contributed by atoms with E-state index >= 15 is 0 Å². The van der Waals surface area contributed by atoms with Gasteiger partial charge in [0.25, 0.3) is 0 Å². The number of para-hydroxylation sites is 1. The molecule has 0 N–H and O–H groups in total. The molecule has 0 fully saturated rings. The maximum atomic E-state index is 12.0. The average Bonchev–Trinajstić information content (AvgIpc) is 2.48. The lowest BCUT2D eigenvalue weighted by Gasteiger charge is -2.06. The van der Waals surface area contributed by atoms with Gasteiger partial charge < -0.3 is 4.74 Å². The Balaban J connectivity index is 2.26. The van der Waals surface area contributed by atoms with Crippen molar-refractivity contribution in [3.8, 4) is 5.75 Å². The van der Waals surface area contributed by atoms with Gasteiger partial charge in [-0.3, -0.25) is 0 Å². The van der Waals surface area contributed by atoms with Gasteiger partial charge in [0.1, 0.15) is 5.75 Å². The van der Waals surface area contributed by atoms with Gasteiger partial charge in [0.15, 0.2) is 9.84 Å². The summed E-state index contributed by atoms with van der Waals surface area (Å²) in [6.07, 6.45) is 0. The van der Waals surface area contributed by atoms with Crippen molar-refractivity contribution in [3.05, 3.63) is 60.2 Å². The van der Waals surface area contributed by atoms with Crippen LogP contribution in [-0.4, -0.2) is 20.1 Å². The highest BCUT2D eigenvalue weighted by Gasteiger charge is 2.15. The molecule has 4 nitrogen and oxygen atoms in total. The monoisotopic (exact) mass is 290 g/mol. The first-order valence-electron chi connectivity index (χ1n) is 6.13. The van der Waals surface area contributed by atoms with Crippen LogP contribution in [0.1, 0.15) is 17.3 Å². The van der Waals surface area contributed by atoms with Gasteiger partial charge in [-0.15, -0.1) is 0 Å². The van der Waals surface area contributed by atoms with Gasteiger partial charge in [-0.25, -0.2) is 13.2 Å². The number of ether oxygens (including phenoxy) is 1. The molecule has 2 aromatic rings. The Hall–Kier alpha value is -2.14. The molecule has 0 atom stereocenters. The van der Waals surface area contributed by atoms with E-state index in [-0.39, 0.29) is 16.2 Å². The summed E-state index contributed by atoms with van der Waals surface area (Å²) < 4.78 is 28.7. The van der Waals surface area contributed by atoms with Crippen LogP contribution >= 0.6 is 0 Å². The van der Waals surface area contributed by atoms with E-state index in [0.29, 0.717) is 5.75 Å². The largest absolute Gasteiger partial charge is 0.423 e. The van der Waals surface area contributed by atoms with Crippen LogP contribution in [-0.2, 0) is 9.84 Å². The minimum atomic E-state index is -3.33. The summed E-state index contributed by atoms with van der Waals surface area (Å²) in [6.45, 7) is 1.56. The van der Waals surface area contributed by atoms with Crippen LogP contribution in [0.5, 0.6) is 5.75 Å². The third kappa shape index (κ3) is 3.24. The number of carbonyl (C=O) groups excluding carboxylic acids is 1. The minimum Gasteiger partial charge on any atom is -0.423 e. The first-order chi connectivity index (χ1) is 9.53. The lowest BCUT2D eigenvalue weighted by atomic mass is 10.2. The zero-order valence-electron chi connectivity index (χ0n) is 10.9. The molecule has 0 unspecified atom stereocenters. The van der Waals surface area contributed by atoms with E-state index in [1.165, 1.54) is 24.3 Å². The first kappa shape index (κ1) is 14.3. The van der Waals surface area contributed by atoms with Crippen molar-refractivity contribution in [2.75, 3.05) is 5.75 Å². The number of carbonyl (C=O) groups is 1. The normalized spacial score (nSPS) is 11.1. The number of benzene rings is 2. The summed E-state index contributed by atoms with van der Waals surface area (Å²) in [5.74, 6) is -0.171. The third-order valence-corrected chi connectivity index (χ3v) is 4.49. The summed E-state index contributed by atoms with van der Waals surface area (Å²) >= 11 is 0. The Bertz CT molecular complexity index is 706. The molecule has 0 amide bonds. The Morgan fingerprint density at radius 2 is 1.75 bits per heavy atom. The topological polar surface area (TPSA) is 60.4 Å². The van der Waals surface area contributed by atoms with E-state index in [1.807, 2.05) is 6.07 Å². The Kier molecular flexibility index (Phi) is 4.20. The van der Waals surface area contributed by atoms with Crippen LogP contribution in [0.25, 0.3) is 0 Å². The molecular weight excluding hydrogens is 276 g/mol.